The lowest BCUT2D eigenvalue weighted by Gasteiger charge is -2.35. The van der Waals surface area contributed by atoms with Crippen LogP contribution in [0.2, 0.25) is 0 Å². The number of methoxy groups -OCH3 is 2. The standard InChI is InChI=1S/C24H25N3O4/c1-14-17-12-21(30-4)20(29-3)11-15(17)9-10-27(14)24(28)22-18-13-31-19-8-6-5-7-16(19)23(18)26(2)25-22/h5-8,11-12,14H,9-10,13H2,1-4H3. The molecule has 1 unspecified atom stereocenters. The molecule has 0 N–H and O–H groups in total. The summed E-state index contributed by atoms with van der Waals surface area (Å²) < 4.78 is 18.6. The summed E-state index contributed by atoms with van der Waals surface area (Å²) in [6.07, 6.45) is 0.750. The number of carbonyl (C=O) groups is 1. The Hall–Kier alpha value is -3.48. The average Bonchev–Trinajstić information content (AvgIpc) is 3.15. The van der Waals surface area contributed by atoms with Crippen molar-refractivity contribution in [2.45, 2.75) is 26.0 Å². The second-order valence-corrected chi connectivity index (χ2v) is 7.91. The van der Waals surface area contributed by atoms with Crippen molar-refractivity contribution in [1.29, 1.82) is 0 Å². The van der Waals surface area contributed by atoms with E-state index in [9.17, 15) is 4.79 Å². The first-order chi connectivity index (χ1) is 15.0. The molecule has 160 valence electrons. The van der Waals surface area contributed by atoms with E-state index in [0.29, 0.717) is 30.3 Å². The molecule has 0 radical (unpaired) electrons. The topological polar surface area (TPSA) is 65.8 Å². The van der Waals surface area contributed by atoms with Crippen LogP contribution >= 0.6 is 0 Å². The molecule has 0 saturated carbocycles. The maximum absolute atomic E-state index is 13.6. The van der Waals surface area contributed by atoms with Crippen LogP contribution in [0.4, 0.5) is 0 Å². The van der Waals surface area contributed by atoms with Crippen molar-refractivity contribution in [3.8, 4) is 28.5 Å². The molecule has 1 aromatic heterocycles. The van der Waals surface area contributed by atoms with Crippen LogP contribution in [0.15, 0.2) is 36.4 Å². The zero-order chi connectivity index (χ0) is 21.7. The Morgan fingerprint density at radius 2 is 1.90 bits per heavy atom. The van der Waals surface area contributed by atoms with Crippen LogP contribution in [0.1, 0.15) is 40.1 Å². The molecule has 0 aliphatic carbocycles. The third kappa shape index (κ3) is 2.95. The monoisotopic (exact) mass is 419 g/mol. The van der Waals surface area contributed by atoms with E-state index in [2.05, 4.69) is 5.10 Å². The number of hydrogen-bond acceptors (Lipinski definition) is 5. The third-order valence-electron chi connectivity index (χ3n) is 6.31. The summed E-state index contributed by atoms with van der Waals surface area (Å²) in [6, 6.07) is 11.7. The molecular formula is C24H25N3O4. The molecule has 2 aliphatic heterocycles. The van der Waals surface area contributed by atoms with Gasteiger partial charge >= 0.3 is 0 Å². The molecule has 0 saturated heterocycles. The van der Waals surface area contributed by atoms with Crippen LogP contribution < -0.4 is 14.2 Å². The van der Waals surface area contributed by atoms with Crippen molar-refractivity contribution in [3.63, 3.8) is 0 Å². The Kier molecular flexibility index (Phi) is 4.61. The van der Waals surface area contributed by atoms with Crippen LogP contribution in [0, 0.1) is 0 Å². The molecule has 0 spiro atoms. The van der Waals surface area contributed by atoms with Crippen molar-refractivity contribution in [2.75, 3.05) is 20.8 Å². The lowest BCUT2D eigenvalue weighted by atomic mass is 9.92. The Bertz CT molecular complexity index is 1180. The van der Waals surface area contributed by atoms with E-state index in [0.717, 1.165) is 34.6 Å². The normalized spacial score (nSPS) is 16.6. The van der Waals surface area contributed by atoms with E-state index in [4.69, 9.17) is 14.2 Å². The molecule has 2 aromatic carbocycles. The predicted molar refractivity (Wildman–Crippen MR) is 116 cm³/mol. The summed E-state index contributed by atoms with van der Waals surface area (Å²) in [5.74, 6) is 2.12. The van der Waals surface area contributed by atoms with Gasteiger partial charge in [-0.2, -0.15) is 5.10 Å². The third-order valence-corrected chi connectivity index (χ3v) is 6.31. The highest BCUT2D eigenvalue weighted by molar-refractivity contribution is 5.96. The highest BCUT2D eigenvalue weighted by atomic mass is 16.5. The van der Waals surface area contributed by atoms with E-state index in [1.165, 1.54) is 5.56 Å². The minimum Gasteiger partial charge on any atom is -0.493 e. The highest BCUT2D eigenvalue weighted by Crippen LogP contribution is 2.41. The van der Waals surface area contributed by atoms with Gasteiger partial charge in [0.15, 0.2) is 17.2 Å². The summed E-state index contributed by atoms with van der Waals surface area (Å²) in [7, 11) is 5.14. The molecule has 3 aromatic rings. The summed E-state index contributed by atoms with van der Waals surface area (Å²) in [6.45, 7) is 3.00. The molecule has 3 heterocycles. The van der Waals surface area contributed by atoms with Gasteiger partial charge in [-0.1, -0.05) is 12.1 Å². The number of ether oxygens (including phenoxy) is 3. The van der Waals surface area contributed by atoms with Crippen LogP contribution in [0.25, 0.3) is 11.3 Å². The number of hydrogen-bond donors (Lipinski definition) is 0. The van der Waals surface area contributed by atoms with Gasteiger partial charge in [-0.05, 0) is 48.7 Å². The number of aryl methyl sites for hydroxylation is 1. The van der Waals surface area contributed by atoms with Crippen molar-refractivity contribution in [1.82, 2.24) is 14.7 Å². The predicted octanol–water partition coefficient (Wildman–Crippen LogP) is 3.76. The summed E-state index contributed by atoms with van der Waals surface area (Å²) in [5, 5.41) is 4.62. The van der Waals surface area contributed by atoms with Gasteiger partial charge in [0.1, 0.15) is 12.4 Å². The lowest BCUT2D eigenvalue weighted by molar-refractivity contribution is 0.0667. The van der Waals surface area contributed by atoms with Gasteiger partial charge < -0.3 is 19.1 Å². The Morgan fingerprint density at radius 3 is 2.68 bits per heavy atom. The van der Waals surface area contributed by atoms with Gasteiger partial charge in [-0.3, -0.25) is 9.48 Å². The van der Waals surface area contributed by atoms with E-state index in [-0.39, 0.29) is 11.9 Å². The fourth-order valence-corrected chi connectivity index (χ4v) is 4.71. The zero-order valence-corrected chi connectivity index (χ0v) is 18.1. The SMILES string of the molecule is COc1cc2c(cc1OC)C(C)N(C(=O)c1nn(C)c3c1COc1ccccc1-3)CC2. The number of para-hydroxylation sites is 1. The molecule has 5 rings (SSSR count). The maximum Gasteiger partial charge on any atom is 0.275 e. The van der Waals surface area contributed by atoms with Crippen molar-refractivity contribution in [2.24, 2.45) is 7.05 Å². The number of aromatic nitrogens is 2. The van der Waals surface area contributed by atoms with Crippen LogP contribution in [0.3, 0.4) is 0 Å². The Labute approximate surface area is 181 Å². The fraction of sp³-hybridized carbons (Fsp3) is 0.333. The number of rotatable bonds is 3. The molecule has 31 heavy (non-hydrogen) atoms. The first-order valence-electron chi connectivity index (χ1n) is 10.4. The molecular weight excluding hydrogens is 394 g/mol. The van der Waals surface area contributed by atoms with Crippen molar-refractivity contribution in [3.05, 3.63) is 58.8 Å². The van der Waals surface area contributed by atoms with Gasteiger partial charge in [-0.15, -0.1) is 0 Å². The summed E-state index contributed by atoms with van der Waals surface area (Å²) in [5.41, 5.74) is 5.46. The number of benzene rings is 2. The van der Waals surface area contributed by atoms with Gasteiger partial charge in [-0.25, -0.2) is 0 Å². The quantitative estimate of drug-likeness (QED) is 0.647. The van der Waals surface area contributed by atoms with Crippen LogP contribution in [0.5, 0.6) is 17.2 Å². The van der Waals surface area contributed by atoms with Crippen LogP contribution in [-0.2, 0) is 20.1 Å². The molecule has 0 fully saturated rings. The van der Waals surface area contributed by atoms with Gasteiger partial charge in [0.2, 0.25) is 0 Å². The maximum atomic E-state index is 13.6. The smallest absolute Gasteiger partial charge is 0.275 e. The Balaban J connectivity index is 1.52. The van der Waals surface area contributed by atoms with Gasteiger partial charge in [0.25, 0.3) is 5.91 Å². The second kappa shape index (κ2) is 7.34. The van der Waals surface area contributed by atoms with Crippen LogP contribution in [-0.4, -0.2) is 41.4 Å². The lowest BCUT2D eigenvalue weighted by Crippen LogP contribution is -2.39. The van der Waals surface area contributed by atoms with Gasteiger partial charge in [0, 0.05) is 24.7 Å². The summed E-state index contributed by atoms with van der Waals surface area (Å²) >= 11 is 0. The van der Waals surface area contributed by atoms with E-state index in [1.807, 2.05) is 55.3 Å². The highest BCUT2D eigenvalue weighted by Gasteiger charge is 2.35. The number of amides is 1. The first kappa shape index (κ1) is 19.5. The molecule has 1 amide bonds. The average molecular weight is 419 g/mol. The van der Waals surface area contributed by atoms with E-state index < -0.39 is 0 Å². The number of nitrogens with zero attached hydrogens (tertiary/aromatic N) is 3. The fourth-order valence-electron chi connectivity index (χ4n) is 4.71. The minimum absolute atomic E-state index is 0.0761. The summed E-state index contributed by atoms with van der Waals surface area (Å²) in [4.78, 5) is 15.5. The Morgan fingerprint density at radius 1 is 1.16 bits per heavy atom. The first-order valence-corrected chi connectivity index (χ1v) is 10.4. The minimum atomic E-state index is -0.106. The second-order valence-electron chi connectivity index (χ2n) is 7.91. The molecule has 7 heteroatoms. The molecule has 2 aliphatic rings. The number of carbonyl (C=O) groups excluding carboxylic acids is 1. The number of fused-ring (bicyclic) bond motifs is 4. The zero-order valence-electron chi connectivity index (χ0n) is 18.1. The molecule has 7 nitrogen and oxygen atoms in total. The van der Waals surface area contributed by atoms with E-state index in [1.54, 1.807) is 18.9 Å². The molecule has 1 atom stereocenters. The molecule has 0 bridgehead atoms. The van der Waals surface area contributed by atoms with Gasteiger partial charge in [0.05, 0.1) is 26.0 Å². The van der Waals surface area contributed by atoms with Crippen molar-refractivity contribution < 1.29 is 19.0 Å². The largest absolute Gasteiger partial charge is 0.493 e. The van der Waals surface area contributed by atoms with Crippen molar-refractivity contribution >= 4 is 5.91 Å². The van der Waals surface area contributed by atoms with E-state index >= 15 is 0 Å².